The number of piperidine rings is 1. The first-order valence-electron chi connectivity index (χ1n) is 7.50. The molecule has 1 aliphatic heterocycles. The summed E-state index contributed by atoms with van der Waals surface area (Å²) in [4.78, 5) is 13.3. The van der Waals surface area contributed by atoms with Crippen molar-refractivity contribution in [3.63, 3.8) is 0 Å². The van der Waals surface area contributed by atoms with Gasteiger partial charge in [0.2, 0.25) is 0 Å². The van der Waals surface area contributed by atoms with Crippen LogP contribution in [0.1, 0.15) is 37.4 Å². The van der Waals surface area contributed by atoms with E-state index in [0.29, 0.717) is 11.1 Å². The zero-order chi connectivity index (χ0) is 15.6. The SMILES string of the molecule is Cc1nn(C)c(Cl)c1CN1CCCC(C(C)CC(=O)O)C1. The Balaban J connectivity index is 1.99. The zero-order valence-electron chi connectivity index (χ0n) is 13.0. The number of carboxylic acid groups (broad SMARTS) is 1. The Morgan fingerprint density at radius 2 is 2.29 bits per heavy atom. The molecule has 2 unspecified atom stereocenters. The molecule has 0 bridgehead atoms. The fourth-order valence-electron chi connectivity index (χ4n) is 3.22. The third-order valence-corrected chi connectivity index (χ3v) is 4.97. The molecule has 5 nitrogen and oxygen atoms in total. The van der Waals surface area contributed by atoms with Gasteiger partial charge in [-0.1, -0.05) is 18.5 Å². The van der Waals surface area contributed by atoms with E-state index in [1.165, 1.54) is 0 Å². The molecule has 2 rings (SSSR count). The van der Waals surface area contributed by atoms with Gasteiger partial charge in [-0.25, -0.2) is 0 Å². The van der Waals surface area contributed by atoms with Crippen LogP contribution in [-0.2, 0) is 18.4 Å². The van der Waals surface area contributed by atoms with Crippen LogP contribution in [-0.4, -0.2) is 38.8 Å². The Kier molecular flexibility index (Phi) is 5.27. The van der Waals surface area contributed by atoms with E-state index < -0.39 is 5.97 Å². The first-order chi connectivity index (χ1) is 9.88. The van der Waals surface area contributed by atoms with E-state index >= 15 is 0 Å². The van der Waals surface area contributed by atoms with Crippen LogP contribution in [0.15, 0.2) is 0 Å². The summed E-state index contributed by atoms with van der Waals surface area (Å²) in [6.07, 6.45) is 2.49. The highest BCUT2D eigenvalue weighted by atomic mass is 35.5. The molecule has 1 fully saturated rings. The molecule has 1 N–H and O–H groups in total. The number of hydrogen-bond acceptors (Lipinski definition) is 3. The Bertz CT molecular complexity index is 515. The third kappa shape index (κ3) is 3.98. The lowest BCUT2D eigenvalue weighted by molar-refractivity contribution is -0.138. The van der Waals surface area contributed by atoms with Crippen molar-refractivity contribution in [3.05, 3.63) is 16.4 Å². The maximum absolute atomic E-state index is 10.9. The molecule has 0 aromatic carbocycles. The molecule has 0 amide bonds. The molecule has 0 saturated carbocycles. The molecule has 1 saturated heterocycles. The number of rotatable bonds is 5. The standard InChI is InChI=1S/C15H24ClN3O2/c1-10(7-14(20)21)12-5-4-6-19(8-12)9-13-11(2)17-18(3)15(13)16/h10,12H,4-9H2,1-3H3,(H,20,21). The molecule has 0 radical (unpaired) electrons. The summed E-state index contributed by atoms with van der Waals surface area (Å²) in [7, 11) is 1.85. The number of likely N-dealkylation sites (tertiary alicyclic amines) is 1. The van der Waals surface area contributed by atoms with Crippen molar-refractivity contribution >= 4 is 17.6 Å². The highest BCUT2D eigenvalue weighted by Crippen LogP contribution is 2.28. The number of carboxylic acids is 1. The fraction of sp³-hybridized carbons (Fsp3) is 0.733. The van der Waals surface area contributed by atoms with Crippen LogP contribution in [0.5, 0.6) is 0 Å². The van der Waals surface area contributed by atoms with Gasteiger partial charge in [-0.3, -0.25) is 14.4 Å². The van der Waals surface area contributed by atoms with E-state index in [0.717, 1.165) is 43.7 Å². The molecule has 0 aliphatic carbocycles. The van der Waals surface area contributed by atoms with Crippen LogP contribution in [0, 0.1) is 18.8 Å². The minimum atomic E-state index is -0.703. The number of hydrogen-bond donors (Lipinski definition) is 1. The molecule has 1 aromatic heterocycles. The van der Waals surface area contributed by atoms with Crippen LogP contribution in [0.4, 0.5) is 0 Å². The second-order valence-electron chi connectivity index (χ2n) is 6.19. The van der Waals surface area contributed by atoms with Gasteiger partial charge in [0, 0.05) is 32.1 Å². The van der Waals surface area contributed by atoms with Gasteiger partial charge >= 0.3 is 5.97 Å². The summed E-state index contributed by atoms with van der Waals surface area (Å²) in [5, 5.41) is 14.0. The predicted molar refractivity (Wildman–Crippen MR) is 82.4 cm³/mol. The minimum Gasteiger partial charge on any atom is -0.481 e. The van der Waals surface area contributed by atoms with Gasteiger partial charge < -0.3 is 5.11 Å². The number of aryl methyl sites for hydroxylation is 2. The van der Waals surface area contributed by atoms with Crippen molar-refractivity contribution in [2.75, 3.05) is 13.1 Å². The molecule has 6 heteroatoms. The summed E-state index contributed by atoms with van der Waals surface area (Å²) < 4.78 is 1.71. The first kappa shape index (κ1) is 16.3. The monoisotopic (exact) mass is 313 g/mol. The number of halogens is 1. The lowest BCUT2D eigenvalue weighted by atomic mass is 9.84. The lowest BCUT2D eigenvalue weighted by Gasteiger charge is -2.35. The first-order valence-corrected chi connectivity index (χ1v) is 7.88. The Morgan fingerprint density at radius 1 is 1.57 bits per heavy atom. The highest BCUT2D eigenvalue weighted by molar-refractivity contribution is 6.30. The minimum absolute atomic E-state index is 0.218. The summed E-state index contributed by atoms with van der Waals surface area (Å²) in [5.74, 6) is -0.0351. The van der Waals surface area contributed by atoms with Gasteiger partial charge in [0.05, 0.1) is 5.69 Å². The van der Waals surface area contributed by atoms with Crippen molar-refractivity contribution in [1.29, 1.82) is 0 Å². The summed E-state index contributed by atoms with van der Waals surface area (Å²) in [6, 6.07) is 0. The van der Waals surface area contributed by atoms with Crippen molar-refractivity contribution < 1.29 is 9.90 Å². The number of aromatic nitrogens is 2. The van der Waals surface area contributed by atoms with Crippen molar-refractivity contribution in [3.8, 4) is 0 Å². The van der Waals surface area contributed by atoms with Crippen LogP contribution in [0.2, 0.25) is 5.15 Å². The normalized spacial score (nSPS) is 21.4. The quantitative estimate of drug-likeness (QED) is 0.908. The van der Waals surface area contributed by atoms with E-state index in [1.807, 2.05) is 20.9 Å². The van der Waals surface area contributed by atoms with E-state index in [9.17, 15) is 4.79 Å². The zero-order valence-corrected chi connectivity index (χ0v) is 13.7. The molecule has 1 aliphatic rings. The van der Waals surface area contributed by atoms with Crippen LogP contribution >= 0.6 is 11.6 Å². The average Bonchev–Trinajstić information content (AvgIpc) is 2.65. The van der Waals surface area contributed by atoms with E-state index in [1.54, 1.807) is 4.68 Å². The molecular formula is C15H24ClN3O2. The summed E-state index contributed by atoms with van der Waals surface area (Å²) in [6.45, 7) is 6.81. The van der Waals surface area contributed by atoms with E-state index in [2.05, 4.69) is 10.00 Å². The second kappa shape index (κ2) is 6.79. The van der Waals surface area contributed by atoms with Crippen molar-refractivity contribution in [2.24, 2.45) is 18.9 Å². The molecule has 118 valence electrons. The Morgan fingerprint density at radius 3 is 2.86 bits per heavy atom. The van der Waals surface area contributed by atoms with Gasteiger partial charge in [-0.15, -0.1) is 0 Å². The maximum atomic E-state index is 10.9. The lowest BCUT2D eigenvalue weighted by Crippen LogP contribution is -2.38. The Labute approximate surface area is 130 Å². The van der Waals surface area contributed by atoms with E-state index in [-0.39, 0.29) is 12.3 Å². The summed E-state index contributed by atoms with van der Waals surface area (Å²) >= 11 is 6.30. The maximum Gasteiger partial charge on any atom is 0.303 e. The number of nitrogens with zero attached hydrogens (tertiary/aromatic N) is 3. The summed E-state index contributed by atoms with van der Waals surface area (Å²) in [5.41, 5.74) is 2.06. The smallest absolute Gasteiger partial charge is 0.303 e. The van der Waals surface area contributed by atoms with Gasteiger partial charge in [-0.05, 0) is 38.1 Å². The van der Waals surface area contributed by atoms with Crippen LogP contribution in [0.25, 0.3) is 0 Å². The third-order valence-electron chi connectivity index (χ3n) is 4.49. The van der Waals surface area contributed by atoms with Crippen LogP contribution < -0.4 is 0 Å². The fourth-order valence-corrected chi connectivity index (χ4v) is 3.45. The van der Waals surface area contributed by atoms with Gasteiger partial charge in [-0.2, -0.15) is 5.10 Å². The largest absolute Gasteiger partial charge is 0.481 e. The number of aliphatic carboxylic acids is 1. The molecule has 21 heavy (non-hydrogen) atoms. The molecule has 2 heterocycles. The molecule has 0 spiro atoms. The van der Waals surface area contributed by atoms with Crippen LogP contribution in [0.3, 0.4) is 0 Å². The van der Waals surface area contributed by atoms with Gasteiger partial charge in [0.1, 0.15) is 5.15 Å². The van der Waals surface area contributed by atoms with E-state index in [4.69, 9.17) is 16.7 Å². The number of carbonyl (C=O) groups is 1. The topological polar surface area (TPSA) is 58.4 Å². The van der Waals surface area contributed by atoms with Crippen molar-refractivity contribution in [2.45, 2.75) is 39.7 Å². The van der Waals surface area contributed by atoms with Gasteiger partial charge in [0.15, 0.2) is 0 Å². The second-order valence-corrected chi connectivity index (χ2v) is 6.55. The highest BCUT2D eigenvalue weighted by Gasteiger charge is 2.27. The average molecular weight is 314 g/mol. The molecule has 2 atom stereocenters. The Hall–Kier alpha value is -1.07. The molecule has 1 aromatic rings. The molecular weight excluding hydrogens is 290 g/mol. The van der Waals surface area contributed by atoms with Gasteiger partial charge in [0.25, 0.3) is 0 Å². The van der Waals surface area contributed by atoms with Crippen molar-refractivity contribution in [1.82, 2.24) is 14.7 Å². The predicted octanol–water partition coefficient (Wildman–Crippen LogP) is 2.70.